The average Bonchev–Trinajstić information content (AvgIpc) is 2.87. The lowest BCUT2D eigenvalue weighted by molar-refractivity contribution is -0.142. The Kier molecular flexibility index (Phi) is 3.45. The molecule has 0 radical (unpaired) electrons. The highest BCUT2D eigenvalue weighted by atomic mass is 32.2. The van der Waals surface area contributed by atoms with Crippen molar-refractivity contribution in [2.45, 2.75) is 24.0 Å². The molecule has 1 aliphatic heterocycles. The van der Waals surface area contributed by atoms with E-state index in [1.54, 1.807) is 0 Å². The first-order valence-corrected chi connectivity index (χ1v) is 7.99. The van der Waals surface area contributed by atoms with E-state index in [1.807, 2.05) is 0 Å². The van der Waals surface area contributed by atoms with Crippen molar-refractivity contribution in [1.29, 1.82) is 0 Å². The van der Waals surface area contributed by atoms with Gasteiger partial charge in [-0.25, -0.2) is 18.3 Å². The van der Waals surface area contributed by atoms with E-state index < -0.39 is 27.7 Å². The van der Waals surface area contributed by atoms with Crippen LogP contribution in [0.4, 0.5) is 5.69 Å². The van der Waals surface area contributed by atoms with E-state index in [-0.39, 0.29) is 29.5 Å². The Labute approximate surface area is 130 Å². The summed E-state index contributed by atoms with van der Waals surface area (Å²) in [5.74, 6) is -1.20. The maximum absolute atomic E-state index is 12.8. The molecule has 0 fully saturated rings. The van der Waals surface area contributed by atoms with Gasteiger partial charge < -0.3 is 10.8 Å². The Morgan fingerprint density at radius 1 is 1.43 bits per heavy atom. The summed E-state index contributed by atoms with van der Waals surface area (Å²) < 4.78 is 27.4. The van der Waals surface area contributed by atoms with Crippen LogP contribution < -0.4 is 11.4 Å². The Bertz CT molecular complexity index is 931. The standard InChI is InChI=1S/C12H13N5O5S/c13-7-2-1-3-8(4-7)23(21,22)17-6-10-14-15-12(20)16(10)5-9(17)11(18)19/h1-4,9H,5-6,13H2,(H,15,20)(H,18,19). The number of nitrogen functional groups attached to an aromatic ring is 1. The smallest absolute Gasteiger partial charge is 0.343 e. The lowest BCUT2D eigenvalue weighted by Gasteiger charge is -2.31. The second-order valence-corrected chi connectivity index (χ2v) is 6.92. The van der Waals surface area contributed by atoms with Gasteiger partial charge in [-0.1, -0.05) is 6.07 Å². The minimum Gasteiger partial charge on any atom is -0.480 e. The number of carboxylic acids is 1. The van der Waals surface area contributed by atoms with Gasteiger partial charge in [-0.15, -0.1) is 0 Å². The van der Waals surface area contributed by atoms with Crippen molar-refractivity contribution in [1.82, 2.24) is 19.1 Å². The highest BCUT2D eigenvalue weighted by Gasteiger charge is 2.41. The Morgan fingerprint density at radius 2 is 2.17 bits per heavy atom. The minimum absolute atomic E-state index is 0.116. The van der Waals surface area contributed by atoms with E-state index in [0.717, 1.165) is 8.87 Å². The fourth-order valence-corrected chi connectivity index (χ4v) is 4.02. The molecule has 1 atom stereocenters. The largest absolute Gasteiger partial charge is 0.480 e. The Balaban J connectivity index is 2.09. The monoisotopic (exact) mass is 339 g/mol. The molecule has 3 rings (SSSR count). The van der Waals surface area contributed by atoms with Gasteiger partial charge in [-0.3, -0.25) is 9.36 Å². The van der Waals surface area contributed by atoms with Crippen molar-refractivity contribution >= 4 is 21.7 Å². The van der Waals surface area contributed by atoms with Crippen molar-refractivity contribution < 1.29 is 18.3 Å². The fourth-order valence-electron chi connectivity index (χ4n) is 2.44. The molecule has 4 N–H and O–H groups in total. The van der Waals surface area contributed by atoms with Gasteiger partial charge in [-0.2, -0.15) is 9.40 Å². The van der Waals surface area contributed by atoms with Crippen LogP contribution in [-0.2, 0) is 27.9 Å². The third kappa shape index (κ3) is 2.49. The van der Waals surface area contributed by atoms with E-state index in [4.69, 9.17) is 5.73 Å². The molecule has 1 aliphatic rings. The number of hydrogen-bond acceptors (Lipinski definition) is 6. The topological polar surface area (TPSA) is 151 Å². The number of H-pyrrole nitrogens is 1. The number of nitrogens with zero attached hydrogens (tertiary/aromatic N) is 3. The summed E-state index contributed by atoms with van der Waals surface area (Å²) >= 11 is 0. The molecule has 1 aromatic carbocycles. The number of nitrogens with one attached hydrogen (secondary N) is 1. The van der Waals surface area contributed by atoms with Gasteiger partial charge in [0.05, 0.1) is 18.0 Å². The molecule has 0 bridgehead atoms. The molecule has 2 heterocycles. The zero-order valence-corrected chi connectivity index (χ0v) is 12.5. The van der Waals surface area contributed by atoms with Crippen LogP contribution in [-0.4, -0.2) is 44.6 Å². The van der Waals surface area contributed by atoms with Crippen molar-refractivity contribution in [3.63, 3.8) is 0 Å². The fraction of sp³-hybridized carbons (Fsp3) is 0.250. The number of aromatic nitrogens is 3. The molecule has 0 aliphatic carbocycles. The number of benzene rings is 1. The maximum atomic E-state index is 12.8. The molecule has 0 saturated heterocycles. The lowest BCUT2D eigenvalue weighted by atomic mass is 10.2. The summed E-state index contributed by atoms with van der Waals surface area (Å²) in [7, 11) is -4.11. The second kappa shape index (κ2) is 5.21. The van der Waals surface area contributed by atoms with Crippen LogP contribution in [0.2, 0.25) is 0 Å². The van der Waals surface area contributed by atoms with Crippen molar-refractivity contribution in [2.75, 3.05) is 5.73 Å². The molecular weight excluding hydrogens is 326 g/mol. The van der Waals surface area contributed by atoms with Gasteiger partial charge >= 0.3 is 11.7 Å². The van der Waals surface area contributed by atoms with Crippen molar-refractivity contribution in [2.24, 2.45) is 0 Å². The maximum Gasteiger partial charge on any atom is 0.343 e. The van der Waals surface area contributed by atoms with Gasteiger partial charge in [0, 0.05) is 5.69 Å². The number of carbonyl (C=O) groups is 1. The number of hydrogen-bond donors (Lipinski definition) is 3. The van der Waals surface area contributed by atoms with Gasteiger partial charge in [0.25, 0.3) is 0 Å². The van der Waals surface area contributed by atoms with Gasteiger partial charge in [0.1, 0.15) is 11.9 Å². The molecule has 10 nitrogen and oxygen atoms in total. The van der Waals surface area contributed by atoms with E-state index >= 15 is 0 Å². The molecule has 2 aromatic rings. The normalized spacial score (nSPS) is 18.5. The summed E-state index contributed by atoms with van der Waals surface area (Å²) in [4.78, 5) is 22.9. The number of rotatable bonds is 3. The first kappa shape index (κ1) is 15.2. The zero-order chi connectivity index (χ0) is 16.8. The quantitative estimate of drug-likeness (QED) is 0.595. The third-order valence-electron chi connectivity index (χ3n) is 3.59. The first-order valence-electron chi connectivity index (χ1n) is 6.55. The molecule has 23 heavy (non-hydrogen) atoms. The van der Waals surface area contributed by atoms with Gasteiger partial charge in [-0.05, 0) is 18.2 Å². The van der Waals surface area contributed by atoms with Gasteiger partial charge in [0.2, 0.25) is 10.0 Å². The van der Waals surface area contributed by atoms with Crippen molar-refractivity contribution in [3.05, 3.63) is 40.6 Å². The Hall–Kier alpha value is -2.66. The second-order valence-electron chi connectivity index (χ2n) is 5.03. The SMILES string of the molecule is Nc1cccc(S(=O)(=O)N2Cc3n[nH]c(=O)n3CC2C(=O)O)c1. The molecule has 0 amide bonds. The van der Waals surface area contributed by atoms with E-state index in [9.17, 15) is 23.1 Å². The van der Waals surface area contributed by atoms with Crippen LogP contribution in [0.3, 0.4) is 0 Å². The van der Waals surface area contributed by atoms with E-state index in [2.05, 4.69) is 10.2 Å². The number of fused-ring (bicyclic) bond motifs is 1. The Morgan fingerprint density at radius 3 is 2.83 bits per heavy atom. The number of anilines is 1. The molecule has 0 spiro atoms. The number of aromatic amines is 1. The zero-order valence-electron chi connectivity index (χ0n) is 11.7. The summed E-state index contributed by atoms with van der Waals surface area (Å²) in [6.07, 6.45) is 0. The van der Waals surface area contributed by atoms with Crippen molar-refractivity contribution in [3.8, 4) is 0 Å². The average molecular weight is 339 g/mol. The van der Waals surface area contributed by atoms with Crippen LogP contribution in [0.15, 0.2) is 34.0 Å². The summed E-state index contributed by atoms with van der Waals surface area (Å²) in [5.41, 5.74) is 5.26. The number of carboxylic acid groups (broad SMARTS) is 1. The van der Waals surface area contributed by atoms with Crippen LogP contribution in [0.1, 0.15) is 5.82 Å². The van der Waals surface area contributed by atoms with E-state index in [0.29, 0.717) is 0 Å². The molecule has 0 saturated carbocycles. The van der Waals surface area contributed by atoms with Crippen LogP contribution in [0.5, 0.6) is 0 Å². The third-order valence-corrected chi connectivity index (χ3v) is 5.44. The summed E-state index contributed by atoms with van der Waals surface area (Å²) in [6.45, 7) is -0.644. The summed E-state index contributed by atoms with van der Waals surface area (Å²) in [6, 6.07) is 4.16. The van der Waals surface area contributed by atoms with Gasteiger partial charge in [0.15, 0.2) is 0 Å². The van der Waals surface area contributed by atoms with Crippen LogP contribution >= 0.6 is 0 Å². The summed E-state index contributed by atoms with van der Waals surface area (Å²) in [5, 5.41) is 15.3. The predicted octanol–water partition coefficient (Wildman–Crippen LogP) is -1.19. The predicted molar refractivity (Wildman–Crippen MR) is 77.9 cm³/mol. The molecule has 122 valence electrons. The van der Waals surface area contributed by atoms with Crippen LogP contribution in [0, 0.1) is 0 Å². The number of nitrogens with two attached hydrogens (primary N) is 1. The molecule has 11 heteroatoms. The molecular formula is C12H13N5O5S. The minimum atomic E-state index is -4.11. The highest BCUT2D eigenvalue weighted by Crippen LogP contribution is 2.25. The highest BCUT2D eigenvalue weighted by molar-refractivity contribution is 7.89. The van der Waals surface area contributed by atoms with E-state index in [1.165, 1.54) is 24.3 Å². The number of aliphatic carboxylic acids is 1. The number of sulfonamides is 1. The van der Waals surface area contributed by atoms with Crippen LogP contribution in [0.25, 0.3) is 0 Å². The molecule has 1 aromatic heterocycles. The lowest BCUT2D eigenvalue weighted by Crippen LogP contribution is -2.51. The molecule has 1 unspecified atom stereocenters. The first-order chi connectivity index (χ1) is 10.8.